The van der Waals surface area contributed by atoms with Crippen LogP contribution < -0.4 is 5.56 Å². The van der Waals surface area contributed by atoms with Crippen LogP contribution in [0.3, 0.4) is 0 Å². The van der Waals surface area contributed by atoms with Crippen molar-refractivity contribution in [3.05, 3.63) is 34.7 Å². The van der Waals surface area contributed by atoms with Crippen LogP contribution in [0.1, 0.15) is 0 Å². The summed E-state index contributed by atoms with van der Waals surface area (Å²) >= 11 is 0. The van der Waals surface area contributed by atoms with Crippen LogP contribution in [-0.4, -0.2) is 89.5 Å². The van der Waals surface area contributed by atoms with Gasteiger partial charge in [-0.3, -0.25) is 19.2 Å². The highest BCUT2D eigenvalue weighted by atomic mass is 16.5. The van der Waals surface area contributed by atoms with E-state index in [0.29, 0.717) is 52.5 Å². The second kappa shape index (κ2) is 8.13. The number of hydrogen-bond acceptors (Lipinski definition) is 5. The molecule has 0 bridgehead atoms. The second-order valence-corrected chi connectivity index (χ2v) is 6.24. The lowest BCUT2D eigenvalue weighted by Gasteiger charge is -2.36. The SMILES string of the molecule is O=C(Cn1ccccc1=O)N1CCN(C(=O)C(=O)N2CCOCC2)CC1. The van der Waals surface area contributed by atoms with Crippen molar-refractivity contribution in [2.24, 2.45) is 0 Å². The summed E-state index contributed by atoms with van der Waals surface area (Å²) in [5, 5.41) is 0. The molecule has 1 aromatic rings. The summed E-state index contributed by atoms with van der Waals surface area (Å²) in [5.41, 5.74) is -0.231. The Morgan fingerprint density at radius 1 is 0.846 bits per heavy atom. The highest BCUT2D eigenvalue weighted by Crippen LogP contribution is 2.06. The van der Waals surface area contributed by atoms with E-state index in [1.807, 2.05) is 0 Å². The molecule has 0 spiro atoms. The number of rotatable bonds is 2. The Bertz CT molecular complexity index is 733. The first-order valence-electron chi connectivity index (χ1n) is 8.65. The number of hydrogen-bond donors (Lipinski definition) is 0. The first kappa shape index (κ1) is 18.1. The molecule has 3 amide bonds. The topological polar surface area (TPSA) is 92.2 Å². The summed E-state index contributed by atoms with van der Waals surface area (Å²) in [6.07, 6.45) is 1.57. The molecule has 0 radical (unpaired) electrons. The van der Waals surface area contributed by atoms with Crippen LogP contribution in [0.15, 0.2) is 29.2 Å². The monoisotopic (exact) mass is 362 g/mol. The van der Waals surface area contributed by atoms with E-state index < -0.39 is 11.8 Å². The van der Waals surface area contributed by atoms with Gasteiger partial charge < -0.3 is 24.0 Å². The number of pyridine rings is 1. The Labute approximate surface area is 150 Å². The van der Waals surface area contributed by atoms with Crippen molar-refractivity contribution in [1.29, 1.82) is 0 Å². The third-order valence-corrected chi connectivity index (χ3v) is 4.61. The highest BCUT2D eigenvalue weighted by molar-refractivity contribution is 6.34. The normalized spacial score (nSPS) is 17.9. The summed E-state index contributed by atoms with van der Waals surface area (Å²) in [6, 6.07) is 4.73. The largest absolute Gasteiger partial charge is 0.378 e. The summed E-state index contributed by atoms with van der Waals surface area (Å²) in [4.78, 5) is 53.3. The number of amides is 3. The Balaban J connectivity index is 1.51. The Morgan fingerprint density at radius 3 is 2.04 bits per heavy atom. The van der Waals surface area contributed by atoms with Crippen molar-refractivity contribution in [2.75, 3.05) is 52.5 Å². The number of ether oxygens (including phenoxy) is 1. The number of nitrogens with zero attached hydrogens (tertiary/aromatic N) is 4. The number of aromatic nitrogens is 1. The van der Waals surface area contributed by atoms with Gasteiger partial charge in [0.05, 0.1) is 13.2 Å². The molecular formula is C17H22N4O5. The van der Waals surface area contributed by atoms with Gasteiger partial charge in [-0.1, -0.05) is 6.07 Å². The van der Waals surface area contributed by atoms with Crippen molar-refractivity contribution in [3.63, 3.8) is 0 Å². The lowest BCUT2D eigenvalue weighted by Crippen LogP contribution is -2.56. The van der Waals surface area contributed by atoms with Gasteiger partial charge >= 0.3 is 11.8 Å². The van der Waals surface area contributed by atoms with Crippen LogP contribution in [0.2, 0.25) is 0 Å². The Hall–Kier alpha value is -2.68. The molecule has 1 aromatic heterocycles. The molecule has 2 saturated heterocycles. The number of carbonyl (C=O) groups is 3. The van der Waals surface area contributed by atoms with Gasteiger partial charge in [-0.2, -0.15) is 0 Å². The fraction of sp³-hybridized carbons (Fsp3) is 0.529. The van der Waals surface area contributed by atoms with E-state index in [2.05, 4.69) is 0 Å². The molecule has 9 nitrogen and oxygen atoms in total. The molecular weight excluding hydrogens is 340 g/mol. The second-order valence-electron chi connectivity index (χ2n) is 6.24. The first-order chi connectivity index (χ1) is 12.6. The van der Waals surface area contributed by atoms with Gasteiger partial charge in [-0.05, 0) is 6.07 Å². The van der Waals surface area contributed by atoms with Crippen molar-refractivity contribution in [2.45, 2.75) is 6.54 Å². The molecule has 0 saturated carbocycles. The van der Waals surface area contributed by atoms with Crippen LogP contribution in [0.5, 0.6) is 0 Å². The van der Waals surface area contributed by atoms with Gasteiger partial charge in [0.25, 0.3) is 5.56 Å². The van der Waals surface area contributed by atoms with Gasteiger partial charge in [-0.25, -0.2) is 0 Å². The fourth-order valence-corrected chi connectivity index (χ4v) is 3.03. The van der Waals surface area contributed by atoms with Gasteiger partial charge in [0.1, 0.15) is 6.54 Å². The van der Waals surface area contributed by atoms with Crippen LogP contribution in [0.4, 0.5) is 0 Å². The van der Waals surface area contributed by atoms with Gasteiger partial charge in [0, 0.05) is 51.5 Å². The van der Waals surface area contributed by atoms with Crippen molar-refractivity contribution in [3.8, 4) is 0 Å². The lowest BCUT2D eigenvalue weighted by molar-refractivity contribution is -0.155. The molecule has 0 aliphatic carbocycles. The summed E-state index contributed by atoms with van der Waals surface area (Å²) in [5.74, 6) is -1.22. The van der Waals surface area contributed by atoms with E-state index in [1.165, 1.54) is 20.4 Å². The molecule has 3 heterocycles. The predicted octanol–water partition coefficient (Wildman–Crippen LogP) is -1.62. The van der Waals surface area contributed by atoms with Crippen LogP contribution >= 0.6 is 0 Å². The van der Waals surface area contributed by atoms with E-state index in [0.717, 1.165) is 0 Å². The quantitative estimate of drug-likeness (QED) is 0.590. The van der Waals surface area contributed by atoms with E-state index in [9.17, 15) is 19.2 Å². The zero-order chi connectivity index (χ0) is 18.5. The smallest absolute Gasteiger partial charge is 0.312 e. The predicted molar refractivity (Wildman–Crippen MR) is 91.3 cm³/mol. The third kappa shape index (κ3) is 4.10. The average Bonchev–Trinajstić information content (AvgIpc) is 2.69. The Morgan fingerprint density at radius 2 is 1.42 bits per heavy atom. The minimum absolute atomic E-state index is 0.0275. The Kier molecular flexibility index (Phi) is 5.67. The minimum atomic E-state index is -0.529. The molecule has 2 aliphatic heterocycles. The molecule has 0 atom stereocenters. The van der Waals surface area contributed by atoms with Crippen molar-refractivity contribution >= 4 is 17.7 Å². The zero-order valence-corrected chi connectivity index (χ0v) is 14.5. The van der Waals surface area contributed by atoms with Crippen LogP contribution in [0.25, 0.3) is 0 Å². The molecule has 0 unspecified atom stereocenters. The molecule has 140 valence electrons. The van der Waals surface area contributed by atoms with Crippen molar-refractivity contribution < 1.29 is 19.1 Å². The molecule has 3 rings (SSSR count). The molecule has 2 aliphatic rings. The molecule has 2 fully saturated rings. The number of morpholine rings is 1. The third-order valence-electron chi connectivity index (χ3n) is 4.61. The minimum Gasteiger partial charge on any atom is -0.378 e. The zero-order valence-electron chi connectivity index (χ0n) is 14.5. The number of carbonyl (C=O) groups excluding carboxylic acids is 3. The van der Waals surface area contributed by atoms with Crippen LogP contribution in [-0.2, 0) is 25.7 Å². The van der Waals surface area contributed by atoms with Crippen molar-refractivity contribution in [1.82, 2.24) is 19.3 Å². The summed E-state index contributed by atoms with van der Waals surface area (Å²) in [7, 11) is 0. The molecule has 0 N–H and O–H groups in total. The van der Waals surface area contributed by atoms with E-state index in [1.54, 1.807) is 23.2 Å². The van der Waals surface area contributed by atoms with E-state index in [4.69, 9.17) is 4.74 Å². The maximum atomic E-state index is 12.4. The standard InChI is InChI=1S/C17H22N4O5/c22-14-3-1-2-4-21(14)13-15(23)18-5-7-19(8-6-18)16(24)17(25)20-9-11-26-12-10-20/h1-4H,5-13H2. The summed E-state index contributed by atoms with van der Waals surface area (Å²) in [6.45, 7) is 3.03. The number of piperazine rings is 1. The maximum Gasteiger partial charge on any atom is 0.312 e. The average molecular weight is 362 g/mol. The van der Waals surface area contributed by atoms with E-state index in [-0.39, 0.29) is 18.0 Å². The van der Waals surface area contributed by atoms with E-state index >= 15 is 0 Å². The van der Waals surface area contributed by atoms with Gasteiger partial charge in [-0.15, -0.1) is 0 Å². The van der Waals surface area contributed by atoms with Crippen LogP contribution in [0, 0.1) is 0 Å². The maximum absolute atomic E-state index is 12.4. The fourth-order valence-electron chi connectivity index (χ4n) is 3.03. The molecule has 9 heteroatoms. The first-order valence-corrected chi connectivity index (χ1v) is 8.65. The summed E-state index contributed by atoms with van der Waals surface area (Å²) < 4.78 is 6.53. The van der Waals surface area contributed by atoms with Gasteiger partial charge in [0.2, 0.25) is 5.91 Å². The highest BCUT2D eigenvalue weighted by Gasteiger charge is 2.31. The molecule has 26 heavy (non-hydrogen) atoms. The molecule has 0 aromatic carbocycles. The van der Waals surface area contributed by atoms with Gasteiger partial charge in [0.15, 0.2) is 0 Å². The lowest BCUT2D eigenvalue weighted by atomic mass is 10.2.